The quantitative estimate of drug-likeness (QED) is 0.870. The largest absolute Gasteiger partial charge is 0.497 e. The van der Waals surface area contributed by atoms with Crippen molar-refractivity contribution in [3.8, 4) is 5.75 Å². The number of rotatable bonds is 3. The summed E-state index contributed by atoms with van der Waals surface area (Å²) in [6.07, 6.45) is 1.52. The summed E-state index contributed by atoms with van der Waals surface area (Å²) >= 11 is 0. The van der Waals surface area contributed by atoms with E-state index >= 15 is 0 Å². The maximum atomic E-state index is 11.8. The molecule has 2 aromatic rings. The van der Waals surface area contributed by atoms with E-state index < -0.39 is 0 Å². The number of nitrogens with zero attached hydrogens (tertiary/aromatic N) is 2. The first-order valence-electron chi connectivity index (χ1n) is 5.03. The van der Waals surface area contributed by atoms with Gasteiger partial charge in [0.1, 0.15) is 5.75 Å². The van der Waals surface area contributed by atoms with Gasteiger partial charge in [0.25, 0.3) is 5.91 Å². The average Bonchev–Trinajstić information content (AvgIpc) is 2.40. The van der Waals surface area contributed by atoms with E-state index in [0.717, 1.165) is 0 Å². The van der Waals surface area contributed by atoms with Gasteiger partial charge >= 0.3 is 0 Å². The van der Waals surface area contributed by atoms with Crippen molar-refractivity contribution in [2.45, 2.75) is 0 Å². The van der Waals surface area contributed by atoms with Gasteiger partial charge < -0.3 is 10.1 Å². The van der Waals surface area contributed by atoms with Crippen LogP contribution < -0.4 is 10.1 Å². The molecule has 1 amide bonds. The summed E-state index contributed by atoms with van der Waals surface area (Å²) in [4.78, 5) is 11.8. The zero-order valence-electron chi connectivity index (χ0n) is 9.25. The van der Waals surface area contributed by atoms with Crippen molar-refractivity contribution in [2.75, 3.05) is 12.4 Å². The summed E-state index contributed by atoms with van der Waals surface area (Å²) in [5.74, 6) is 0.383. The van der Waals surface area contributed by atoms with Gasteiger partial charge in [0.15, 0.2) is 5.69 Å². The monoisotopic (exact) mass is 229 g/mol. The molecular formula is C12H11N3O2. The topological polar surface area (TPSA) is 64.1 Å². The molecule has 0 unspecified atom stereocenters. The van der Waals surface area contributed by atoms with Gasteiger partial charge in [0, 0.05) is 18.0 Å². The fourth-order valence-corrected chi connectivity index (χ4v) is 1.32. The Balaban J connectivity index is 2.13. The van der Waals surface area contributed by atoms with Crippen LogP contribution >= 0.6 is 0 Å². The van der Waals surface area contributed by atoms with Crippen molar-refractivity contribution in [1.29, 1.82) is 0 Å². The Bertz CT molecular complexity index is 514. The van der Waals surface area contributed by atoms with Crippen molar-refractivity contribution in [2.24, 2.45) is 0 Å². The fraction of sp³-hybridized carbons (Fsp3) is 0.0833. The maximum absolute atomic E-state index is 11.8. The minimum Gasteiger partial charge on any atom is -0.497 e. The van der Waals surface area contributed by atoms with Gasteiger partial charge in [-0.15, -0.1) is 5.10 Å². The molecule has 5 nitrogen and oxygen atoms in total. The lowest BCUT2D eigenvalue weighted by molar-refractivity contribution is 0.102. The molecule has 86 valence electrons. The number of nitrogens with one attached hydrogen (secondary N) is 1. The van der Waals surface area contributed by atoms with Gasteiger partial charge in [-0.25, -0.2) is 0 Å². The summed E-state index contributed by atoms with van der Waals surface area (Å²) < 4.78 is 5.06. The zero-order valence-corrected chi connectivity index (χ0v) is 9.25. The van der Waals surface area contributed by atoms with Crippen LogP contribution in [-0.4, -0.2) is 23.2 Å². The second-order valence-corrected chi connectivity index (χ2v) is 3.29. The highest BCUT2D eigenvalue weighted by molar-refractivity contribution is 6.02. The molecule has 0 aliphatic carbocycles. The van der Waals surface area contributed by atoms with Crippen molar-refractivity contribution in [3.63, 3.8) is 0 Å². The van der Waals surface area contributed by atoms with E-state index in [2.05, 4.69) is 15.5 Å². The van der Waals surface area contributed by atoms with Gasteiger partial charge in [-0.2, -0.15) is 5.10 Å². The summed E-state index contributed by atoms with van der Waals surface area (Å²) in [6.45, 7) is 0. The molecule has 0 radical (unpaired) electrons. The number of methoxy groups -OCH3 is 1. The number of anilines is 1. The molecule has 0 saturated carbocycles. The Morgan fingerprint density at radius 2 is 2.18 bits per heavy atom. The van der Waals surface area contributed by atoms with Crippen LogP contribution in [0.3, 0.4) is 0 Å². The van der Waals surface area contributed by atoms with Crippen molar-refractivity contribution in [1.82, 2.24) is 10.2 Å². The number of benzene rings is 1. The van der Waals surface area contributed by atoms with Crippen LogP contribution in [0.4, 0.5) is 5.69 Å². The van der Waals surface area contributed by atoms with Gasteiger partial charge in [-0.1, -0.05) is 6.07 Å². The van der Waals surface area contributed by atoms with Crippen LogP contribution in [0.1, 0.15) is 10.5 Å². The lowest BCUT2D eigenvalue weighted by Crippen LogP contribution is -2.13. The van der Waals surface area contributed by atoms with Gasteiger partial charge in [0.05, 0.1) is 7.11 Å². The number of carbonyl (C=O) groups excluding carboxylic acids is 1. The maximum Gasteiger partial charge on any atom is 0.276 e. The molecule has 1 aromatic heterocycles. The normalized spacial score (nSPS) is 9.71. The first-order chi connectivity index (χ1) is 8.29. The molecule has 1 heterocycles. The second kappa shape index (κ2) is 5.07. The summed E-state index contributed by atoms with van der Waals surface area (Å²) in [6, 6.07) is 10.4. The van der Waals surface area contributed by atoms with Crippen LogP contribution in [-0.2, 0) is 0 Å². The molecule has 0 saturated heterocycles. The minimum atomic E-state index is -0.300. The van der Waals surface area contributed by atoms with Crippen molar-refractivity contribution >= 4 is 11.6 Å². The van der Waals surface area contributed by atoms with Crippen LogP contribution in [0.15, 0.2) is 42.6 Å². The van der Waals surface area contributed by atoms with Gasteiger partial charge in [-0.05, 0) is 24.3 Å². The highest BCUT2D eigenvalue weighted by Crippen LogP contribution is 2.17. The van der Waals surface area contributed by atoms with Crippen molar-refractivity contribution in [3.05, 3.63) is 48.3 Å². The van der Waals surface area contributed by atoms with Crippen LogP contribution in [0.2, 0.25) is 0 Å². The standard InChI is InChI=1S/C12H11N3O2/c1-17-10-5-2-4-9(8-10)14-12(16)11-6-3-7-13-15-11/h2-8H,1H3,(H,14,16). The van der Waals surface area contributed by atoms with E-state index in [-0.39, 0.29) is 11.6 Å². The van der Waals surface area contributed by atoms with Crippen molar-refractivity contribution < 1.29 is 9.53 Å². The van der Waals surface area contributed by atoms with E-state index in [1.54, 1.807) is 43.5 Å². The Labute approximate surface area is 98.5 Å². The second-order valence-electron chi connectivity index (χ2n) is 3.29. The number of hydrogen-bond donors (Lipinski definition) is 1. The average molecular weight is 229 g/mol. The molecule has 0 fully saturated rings. The lowest BCUT2D eigenvalue weighted by atomic mass is 10.3. The first kappa shape index (κ1) is 11.1. The predicted molar refractivity (Wildman–Crippen MR) is 63.0 cm³/mol. The number of hydrogen-bond acceptors (Lipinski definition) is 4. The Hall–Kier alpha value is -2.43. The van der Waals surface area contributed by atoms with Gasteiger partial charge in [-0.3, -0.25) is 4.79 Å². The predicted octanol–water partition coefficient (Wildman–Crippen LogP) is 1.74. The Morgan fingerprint density at radius 3 is 2.88 bits per heavy atom. The molecule has 1 aromatic carbocycles. The molecule has 0 aliphatic heterocycles. The number of amides is 1. The fourth-order valence-electron chi connectivity index (χ4n) is 1.32. The Morgan fingerprint density at radius 1 is 1.29 bits per heavy atom. The molecule has 17 heavy (non-hydrogen) atoms. The highest BCUT2D eigenvalue weighted by atomic mass is 16.5. The first-order valence-corrected chi connectivity index (χ1v) is 5.03. The van der Waals surface area contributed by atoms with E-state index in [4.69, 9.17) is 4.74 Å². The SMILES string of the molecule is COc1cccc(NC(=O)c2cccnn2)c1. The molecular weight excluding hydrogens is 218 g/mol. The molecule has 0 spiro atoms. The molecule has 0 bridgehead atoms. The van der Waals surface area contributed by atoms with E-state index in [0.29, 0.717) is 11.4 Å². The lowest BCUT2D eigenvalue weighted by Gasteiger charge is -2.05. The van der Waals surface area contributed by atoms with E-state index in [9.17, 15) is 4.79 Å². The number of aromatic nitrogens is 2. The zero-order chi connectivity index (χ0) is 12.1. The number of carbonyl (C=O) groups is 1. The molecule has 0 aliphatic rings. The molecule has 1 N–H and O–H groups in total. The molecule has 5 heteroatoms. The summed E-state index contributed by atoms with van der Waals surface area (Å²) in [5, 5.41) is 10.1. The summed E-state index contributed by atoms with van der Waals surface area (Å²) in [5.41, 5.74) is 0.926. The third-order valence-electron chi connectivity index (χ3n) is 2.13. The van der Waals surface area contributed by atoms with Crippen LogP contribution in [0.25, 0.3) is 0 Å². The smallest absolute Gasteiger partial charge is 0.276 e. The highest BCUT2D eigenvalue weighted by Gasteiger charge is 2.07. The third kappa shape index (κ3) is 2.78. The van der Waals surface area contributed by atoms with Gasteiger partial charge in [0.2, 0.25) is 0 Å². The Kier molecular flexibility index (Phi) is 3.30. The molecule has 2 rings (SSSR count). The number of ether oxygens (including phenoxy) is 1. The van der Waals surface area contributed by atoms with Crippen LogP contribution in [0, 0.1) is 0 Å². The van der Waals surface area contributed by atoms with E-state index in [1.807, 2.05) is 0 Å². The van der Waals surface area contributed by atoms with Crippen LogP contribution in [0.5, 0.6) is 5.75 Å². The summed E-state index contributed by atoms with van der Waals surface area (Å²) in [7, 11) is 1.57. The van der Waals surface area contributed by atoms with E-state index in [1.165, 1.54) is 6.20 Å². The third-order valence-corrected chi connectivity index (χ3v) is 2.13. The minimum absolute atomic E-state index is 0.273. The molecule has 0 atom stereocenters.